The van der Waals surface area contributed by atoms with E-state index in [1.165, 1.54) is 20.3 Å². The minimum absolute atomic E-state index is 0.532. The lowest BCUT2D eigenvalue weighted by atomic mass is 9.86. The molecule has 0 saturated heterocycles. The Balaban J connectivity index is 1.82. The first-order valence-electron chi connectivity index (χ1n) is 10.2. The van der Waals surface area contributed by atoms with Gasteiger partial charge in [0.1, 0.15) is 5.71 Å². The first kappa shape index (κ1) is 22.0. The molecule has 2 aliphatic heterocycles. The van der Waals surface area contributed by atoms with Crippen LogP contribution in [0, 0.1) is 16.7 Å². The summed E-state index contributed by atoms with van der Waals surface area (Å²) in [4.78, 5) is 13.6. The van der Waals surface area contributed by atoms with Crippen LogP contribution in [0.1, 0.15) is 52.3 Å². The summed E-state index contributed by atoms with van der Waals surface area (Å²) in [6.07, 6.45) is 0.802. The van der Waals surface area contributed by atoms with Crippen LogP contribution in [0.5, 0.6) is 0 Å². The van der Waals surface area contributed by atoms with Crippen molar-refractivity contribution in [3.63, 3.8) is 0 Å². The second-order valence-corrected chi connectivity index (χ2v) is 12.3. The van der Waals surface area contributed by atoms with Crippen LogP contribution in [0.4, 0.5) is 8.63 Å². The van der Waals surface area contributed by atoms with E-state index in [2.05, 4.69) is 22.6 Å². The van der Waals surface area contributed by atoms with Gasteiger partial charge in [0.15, 0.2) is 12.0 Å². The lowest BCUT2D eigenvalue weighted by molar-refractivity contribution is -0.363. The van der Waals surface area contributed by atoms with E-state index in [1.54, 1.807) is 31.3 Å². The van der Waals surface area contributed by atoms with Crippen molar-refractivity contribution in [2.24, 2.45) is 0 Å². The van der Waals surface area contributed by atoms with Gasteiger partial charge in [-0.25, -0.2) is 0 Å². The molecule has 0 radical (unpaired) electrons. The summed E-state index contributed by atoms with van der Waals surface area (Å²) in [6, 6.07) is 7.64. The van der Waals surface area contributed by atoms with Gasteiger partial charge < -0.3 is 17.6 Å². The molecule has 0 saturated carbocycles. The maximum Gasteiger partial charge on any atom is 0.737 e. The highest BCUT2D eigenvalue weighted by Crippen LogP contribution is 2.48. The monoisotopic (exact) mass is 580 g/mol. The Morgan fingerprint density at radius 3 is 2.28 bits per heavy atom. The van der Waals surface area contributed by atoms with E-state index in [1.807, 2.05) is 39.0 Å². The third kappa shape index (κ3) is 2.80. The number of hydrogen-bond acceptors (Lipinski definition) is 3. The third-order valence-corrected chi connectivity index (χ3v) is 9.47. The number of aromatic nitrogens is 1. The zero-order valence-electron chi connectivity index (χ0n) is 18.2. The first-order valence-corrected chi connectivity index (χ1v) is 12.9. The Morgan fingerprint density at radius 1 is 1.00 bits per heavy atom. The molecule has 0 amide bonds. The number of thiophene rings is 2. The fraction of sp³-hybridized carbons (Fsp3) is 0.217. The van der Waals surface area contributed by atoms with Gasteiger partial charge in [0.25, 0.3) is 0 Å². The summed E-state index contributed by atoms with van der Waals surface area (Å²) >= 11 is 5.23. The lowest BCUT2D eigenvalue weighted by Gasteiger charge is -2.32. The van der Waals surface area contributed by atoms with Crippen LogP contribution in [0.25, 0.3) is 21.6 Å². The molecule has 3 aromatic heterocycles. The maximum atomic E-state index is 16.3. The number of carbonyl (C=O) groups excluding carboxylic acids is 1. The predicted molar refractivity (Wildman–Crippen MR) is 139 cm³/mol. The number of rotatable bonds is 3. The summed E-state index contributed by atoms with van der Waals surface area (Å²) < 4.78 is 36.2. The average molecular weight is 580 g/mol. The zero-order chi connectivity index (χ0) is 23.1. The zero-order valence-corrected chi connectivity index (χ0v) is 22.0. The average Bonchev–Trinajstić information content (AvgIpc) is 3.46. The third-order valence-electron chi connectivity index (χ3n) is 6.53. The van der Waals surface area contributed by atoms with Crippen molar-refractivity contribution >= 4 is 75.4 Å². The molecule has 5 heterocycles. The molecular formula is C23H20BF2IN2OS2. The second kappa shape index (κ2) is 7.33. The molecule has 9 heteroatoms. The molecular weight excluding hydrogens is 560 g/mol. The van der Waals surface area contributed by atoms with Gasteiger partial charge in [0.05, 0.1) is 13.3 Å². The van der Waals surface area contributed by atoms with Gasteiger partial charge in [0, 0.05) is 39.1 Å². The van der Waals surface area contributed by atoms with E-state index in [0.717, 1.165) is 46.8 Å². The SMILES string of the molecule is CC1=C(c2ccc(C=O)s2)C(C)=[N+]2C1=C(C)c1c(C)c(-c3ccc(I)s3)c(C)n1[B-]2(F)F. The van der Waals surface area contributed by atoms with Crippen molar-refractivity contribution in [3.8, 4) is 10.4 Å². The Bertz CT molecular complexity index is 1440. The van der Waals surface area contributed by atoms with E-state index in [0.29, 0.717) is 27.7 Å². The minimum Gasteiger partial charge on any atom is -0.393 e. The molecule has 3 nitrogen and oxygen atoms in total. The Kier molecular flexibility index (Phi) is 5.03. The van der Waals surface area contributed by atoms with Crippen LogP contribution in [0.3, 0.4) is 0 Å². The molecule has 3 aromatic rings. The molecule has 0 N–H and O–H groups in total. The van der Waals surface area contributed by atoms with Crippen molar-refractivity contribution in [2.75, 3.05) is 0 Å². The normalized spacial score (nSPS) is 17.4. The first-order chi connectivity index (χ1) is 15.1. The number of hydrogen-bond donors (Lipinski definition) is 0. The summed E-state index contributed by atoms with van der Waals surface area (Å²) in [5.41, 5.74) is 6.62. The number of fused-ring (bicyclic) bond motifs is 2. The molecule has 5 rings (SSSR count). The number of aldehydes is 1. The van der Waals surface area contributed by atoms with Gasteiger partial charge in [-0.2, -0.15) is 0 Å². The highest BCUT2D eigenvalue weighted by atomic mass is 127. The Hall–Kier alpha value is -1.85. The summed E-state index contributed by atoms with van der Waals surface area (Å²) in [5.74, 6) is 0. The number of nitrogens with zero attached hydrogens (tertiary/aromatic N) is 2. The van der Waals surface area contributed by atoms with Gasteiger partial charge in [-0.15, -0.1) is 22.7 Å². The molecule has 0 unspecified atom stereocenters. The van der Waals surface area contributed by atoms with Crippen LogP contribution in [0.2, 0.25) is 0 Å². The smallest absolute Gasteiger partial charge is 0.393 e. The number of carbonyl (C=O) groups is 1. The molecule has 0 spiro atoms. The Labute approximate surface area is 207 Å². The van der Waals surface area contributed by atoms with Gasteiger partial charge >= 0.3 is 6.97 Å². The highest BCUT2D eigenvalue weighted by molar-refractivity contribution is 14.1. The lowest BCUT2D eigenvalue weighted by Crippen LogP contribution is -2.51. The van der Waals surface area contributed by atoms with Crippen LogP contribution in [-0.2, 0) is 0 Å². The van der Waals surface area contributed by atoms with Crippen molar-refractivity contribution in [3.05, 3.63) is 65.1 Å². The molecule has 0 aliphatic carbocycles. The molecule has 0 bridgehead atoms. The van der Waals surface area contributed by atoms with Crippen molar-refractivity contribution in [1.29, 1.82) is 0 Å². The molecule has 0 aromatic carbocycles. The van der Waals surface area contributed by atoms with Gasteiger partial charge in [-0.05, 0) is 85.8 Å². The highest BCUT2D eigenvalue weighted by Gasteiger charge is 2.56. The van der Waals surface area contributed by atoms with Crippen LogP contribution in [0.15, 0.2) is 35.5 Å². The van der Waals surface area contributed by atoms with E-state index in [4.69, 9.17) is 0 Å². The van der Waals surface area contributed by atoms with Gasteiger partial charge in [-0.3, -0.25) is 4.79 Å². The predicted octanol–water partition coefficient (Wildman–Crippen LogP) is 7.24. The molecule has 2 aliphatic rings. The van der Waals surface area contributed by atoms with Crippen LogP contribution < -0.4 is 0 Å². The summed E-state index contributed by atoms with van der Waals surface area (Å²) in [7, 11) is 0. The Morgan fingerprint density at radius 2 is 1.69 bits per heavy atom. The van der Waals surface area contributed by atoms with E-state index in [-0.39, 0.29) is 0 Å². The fourth-order valence-corrected chi connectivity index (χ4v) is 8.12. The second-order valence-electron chi connectivity index (χ2n) is 8.24. The number of halogens is 3. The van der Waals surface area contributed by atoms with Crippen molar-refractivity contribution < 1.29 is 17.9 Å². The van der Waals surface area contributed by atoms with Gasteiger partial charge in [0.2, 0.25) is 0 Å². The minimum atomic E-state index is -4.08. The maximum absolute atomic E-state index is 16.3. The molecule has 32 heavy (non-hydrogen) atoms. The largest absolute Gasteiger partial charge is 0.737 e. The molecule has 0 fully saturated rings. The van der Waals surface area contributed by atoms with Crippen LogP contribution >= 0.6 is 45.3 Å². The topological polar surface area (TPSA) is 25.0 Å². The van der Waals surface area contributed by atoms with Gasteiger partial charge in [-0.1, -0.05) is 0 Å². The summed E-state index contributed by atoms with van der Waals surface area (Å²) in [5, 5.41) is 0. The number of allylic oxidation sites excluding steroid dienone is 3. The summed E-state index contributed by atoms with van der Waals surface area (Å²) in [6.45, 7) is 5.28. The van der Waals surface area contributed by atoms with Crippen LogP contribution in [-0.4, -0.2) is 27.9 Å². The fourth-order valence-electron chi connectivity index (χ4n) is 5.37. The molecule has 0 atom stereocenters. The standard InChI is InChI=1S/C23H20BF2IN2OS2/c1-11-20(17-7-6-16(10-30)31-17)14(4)28-22(11)13(3)23-12(2)21(18-8-9-19(27)32-18)15(5)29(23)24(28,25)26/h6-10H,1-5H3. The quantitative estimate of drug-likeness (QED) is 0.182. The van der Waals surface area contributed by atoms with Crippen molar-refractivity contribution in [1.82, 2.24) is 4.48 Å². The molecule has 164 valence electrons. The van der Waals surface area contributed by atoms with E-state index < -0.39 is 6.97 Å². The van der Waals surface area contributed by atoms with Crippen molar-refractivity contribution in [2.45, 2.75) is 34.6 Å². The van der Waals surface area contributed by atoms with E-state index in [9.17, 15) is 4.79 Å². The van der Waals surface area contributed by atoms with E-state index >= 15 is 8.63 Å².